The van der Waals surface area contributed by atoms with Gasteiger partial charge in [-0.3, -0.25) is 10.1 Å². The average molecular weight is 281 g/mol. The molecule has 0 saturated heterocycles. The summed E-state index contributed by atoms with van der Waals surface area (Å²) in [6.07, 6.45) is -4.61. The average Bonchev–Trinajstić information content (AvgIpc) is 2.37. The van der Waals surface area contributed by atoms with Crippen molar-refractivity contribution < 1.29 is 18.0 Å². The molecule has 0 aliphatic rings. The van der Waals surface area contributed by atoms with Gasteiger partial charge >= 0.3 is 6.18 Å². The lowest BCUT2D eigenvalue weighted by Gasteiger charge is -2.10. The largest absolute Gasteiger partial charge is 0.433 e. The molecule has 104 valence electrons. The molecule has 0 radical (unpaired) electrons. The van der Waals surface area contributed by atoms with E-state index in [1.54, 1.807) is 30.3 Å². The summed E-state index contributed by atoms with van der Waals surface area (Å²) in [7, 11) is 0. The highest BCUT2D eigenvalue weighted by atomic mass is 19.4. The highest BCUT2D eigenvalue weighted by molar-refractivity contribution is 5.87. The molecule has 1 aromatic carbocycles. The van der Waals surface area contributed by atoms with Crippen LogP contribution in [0.1, 0.15) is 12.6 Å². The number of anilines is 1. The molecule has 1 amide bonds. The maximum atomic E-state index is 12.8. The smallest absolute Gasteiger partial charge is 0.295 e. The first-order valence-corrected chi connectivity index (χ1v) is 5.65. The van der Waals surface area contributed by atoms with Crippen molar-refractivity contribution in [2.24, 2.45) is 0 Å². The van der Waals surface area contributed by atoms with Crippen LogP contribution in [0.3, 0.4) is 0 Å². The molecule has 4 nitrogen and oxygen atoms in total. The lowest BCUT2D eigenvalue weighted by atomic mass is 10.1. The summed E-state index contributed by atoms with van der Waals surface area (Å²) in [6.45, 7) is 1.17. The third kappa shape index (κ3) is 3.31. The lowest BCUT2D eigenvalue weighted by molar-refractivity contribution is -0.141. The van der Waals surface area contributed by atoms with Crippen LogP contribution in [0.4, 0.5) is 19.1 Å². The standard InChI is InChI=1S/C13H10F3N3O/c1-8(20)17-12-18-10(9-5-3-2-4-6-9)7-11(19-12)13(14,15)16/h2-7H,1H3,(H,17,18,19,20). The second kappa shape index (κ2) is 5.28. The van der Waals surface area contributed by atoms with Crippen molar-refractivity contribution in [1.82, 2.24) is 9.97 Å². The fraction of sp³-hybridized carbons (Fsp3) is 0.154. The summed E-state index contributed by atoms with van der Waals surface area (Å²) in [6, 6.07) is 9.20. The van der Waals surface area contributed by atoms with Gasteiger partial charge in [-0.2, -0.15) is 13.2 Å². The van der Waals surface area contributed by atoms with Crippen LogP contribution in [-0.4, -0.2) is 15.9 Å². The molecule has 0 bridgehead atoms. The zero-order valence-electron chi connectivity index (χ0n) is 10.4. The molecule has 0 aliphatic heterocycles. The lowest BCUT2D eigenvalue weighted by Crippen LogP contribution is -2.15. The first kappa shape index (κ1) is 14.0. The van der Waals surface area contributed by atoms with Crippen LogP contribution < -0.4 is 5.32 Å². The van der Waals surface area contributed by atoms with E-state index in [0.717, 1.165) is 6.07 Å². The molecular weight excluding hydrogens is 271 g/mol. The number of amides is 1. The highest BCUT2D eigenvalue weighted by Gasteiger charge is 2.33. The second-order valence-electron chi connectivity index (χ2n) is 4.01. The fourth-order valence-electron chi connectivity index (χ4n) is 1.56. The minimum absolute atomic E-state index is 0.0941. The van der Waals surface area contributed by atoms with Gasteiger partial charge in [-0.25, -0.2) is 9.97 Å². The molecule has 0 aliphatic carbocycles. The minimum atomic E-state index is -4.61. The van der Waals surface area contributed by atoms with E-state index in [0.29, 0.717) is 5.56 Å². The van der Waals surface area contributed by atoms with Crippen molar-refractivity contribution >= 4 is 11.9 Å². The van der Waals surface area contributed by atoms with Crippen LogP contribution in [-0.2, 0) is 11.0 Å². The van der Waals surface area contributed by atoms with Gasteiger partial charge in [0.05, 0.1) is 5.69 Å². The molecule has 0 atom stereocenters. The maximum Gasteiger partial charge on any atom is 0.433 e. The van der Waals surface area contributed by atoms with Crippen molar-refractivity contribution in [3.63, 3.8) is 0 Å². The summed E-state index contributed by atoms with van der Waals surface area (Å²) in [5.41, 5.74) is -0.501. The molecule has 0 spiro atoms. The molecule has 1 aromatic heterocycles. The van der Waals surface area contributed by atoms with Gasteiger partial charge in [0.2, 0.25) is 11.9 Å². The van der Waals surface area contributed by atoms with Crippen LogP contribution in [0.5, 0.6) is 0 Å². The normalized spacial score (nSPS) is 11.2. The van der Waals surface area contributed by atoms with Crippen molar-refractivity contribution in [1.29, 1.82) is 0 Å². The van der Waals surface area contributed by atoms with E-state index < -0.39 is 17.8 Å². The number of nitrogens with one attached hydrogen (secondary N) is 1. The fourth-order valence-corrected chi connectivity index (χ4v) is 1.56. The summed E-state index contributed by atoms with van der Waals surface area (Å²) >= 11 is 0. The molecule has 2 aromatic rings. The minimum Gasteiger partial charge on any atom is -0.295 e. The number of halogens is 3. The zero-order chi connectivity index (χ0) is 14.8. The molecule has 7 heteroatoms. The molecule has 1 N–H and O–H groups in total. The number of carbonyl (C=O) groups excluding carboxylic acids is 1. The first-order chi connectivity index (χ1) is 9.36. The van der Waals surface area contributed by atoms with Gasteiger partial charge in [0.15, 0.2) is 5.69 Å². The Labute approximate surface area is 112 Å². The van der Waals surface area contributed by atoms with Crippen LogP contribution >= 0.6 is 0 Å². The molecular formula is C13H10F3N3O. The second-order valence-corrected chi connectivity index (χ2v) is 4.01. The number of rotatable bonds is 2. The van der Waals surface area contributed by atoms with Crippen molar-refractivity contribution in [2.75, 3.05) is 5.32 Å². The zero-order valence-corrected chi connectivity index (χ0v) is 10.4. The van der Waals surface area contributed by atoms with Gasteiger partial charge in [0.25, 0.3) is 0 Å². The van der Waals surface area contributed by atoms with E-state index in [9.17, 15) is 18.0 Å². The van der Waals surface area contributed by atoms with Gasteiger partial charge in [0.1, 0.15) is 0 Å². The Morgan fingerprint density at radius 3 is 2.35 bits per heavy atom. The third-order valence-corrected chi connectivity index (χ3v) is 2.37. The predicted octanol–water partition coefficient (Wildman–Crippen LogP) is 3.12. The Balaban J connectivity index is 2.54. The number of hydrogen-bond donors (Lipinski definition) is 1. The molecule has 0 unspecified atom stereocenters. The van der Waals surface area contributed by atoms with Gasteiger partial charge in [-0.1, -0.05) is 30.3 Å². The molecule has 2 rings (SSSR count). The molecule has 1 heterocycles. The third-order valence-electron chi connectivity index (χ3n) is 2.37. The van der Waals surface area contributed by atoms with E-state index in [4.69, 9.17) is 0 Å². The number of aromatic nitrogens is 2. The summed E-state index contributed by atoms with van der Waals surface area (Å²) in [5, 5.41) is 2.17. The van der Waals surface area contributed by atoms with Gasteiger partial charge in [-0.05, 0) is 6.07 Å². The van der Waals surface area contributed by atoms with Crippen molar-refractivity contribution in [2.45, 2.75) is 13.1 Å². The predicted molar refractivity (Wildman–Crippen MR) is 66.8 cm³/mol. The summed E-state index contributed by atoms with van der Waals surface area (Å²) < 4.78 is 38.4. The highest BCUT2D eigenvalue weighted by Crippen LogP contribution is 2.30. The van der Waals surface area contributed by atoms with E-state index >= 15 is 0 Å². The Morgan fingerprint density at radius 2 is 1.80 bits per heavy atom. The van der Waals surface area contributed by atoms with E-state index in [-0.39, 0.29) is 11.6 Å². The summed E-state index contributed by atoms with van der Waals surface area (Å²) in [5.74, 6) is -0.908. The van der Waals surface area contributed by atoms with Gasteiger partial charge in [-0.15, -0.1) is 0 Å². The topological polar surface area (TPSA) is 54.9 Å². The van der Waals surface area contributed by atoms with E-state index in [1.807, 2.05) is 0 Å². The van der Waals surface area contributed by atoms with Gasteiger partial charge < -0.3 is 0 Å². The van der Waals surface area contributed by atoms with Crippen molar-refractivity contribution in [3.05, 3.63) is 42.1 Å². The quantitative estimate of drug-likeness (QED) is 0.920. The number of carbonyl (C=O) groups is 1. The van der Waals surface area contributed by atoms with Crippen molar-refractivity contribution in [3.8, 4) is 11.3 Å². The molecule has 0 saturated carbocycles. The Hall–Kier alpha value is -2.44. The molecule has 0 fully saturated rings. The number of benzene rings is 1. The monoisotopic (exact) mass is 281 g/mol. The van der Waals surface area contributed by atoms with Crippen LogP contribution in [0.2, 0.25) is 0 Å². The number of hydrogen-bond acceptors (Lipinski definition) is 3. The van der Waals surface area contributed by atoms with E-state index in [1.165, 1.54) is 6.92 Å². The van der Waals surface area contributed by atoms with Crippen LogP contribution in [0.25, 0.3) is 11.3 Å². The Bertz CT molecular complexity index is 627. The van der Waals surface area contributed by atoms with Gasteiger partial charge in [0, 0.05) is 12.5 Å². The van der Waals surface area contributed by atoms with Crippen LogP contribution in [0, 0.1) is 0 Å². The van der Waals surface area contributed by atoms with Crippen LogP contribution in [0.15, 0.2) is 36.4 Å². The Kier molecular flexibility index (Phi) is 3.69. The first-order valence-electron chi connectivity index (χ1n) is 5.65. The van der Waals surface area contributed by atoms with E-state index in [2.05, 4.69) is 15.3 Å². The molecule has 20 heavy (non-hydrogen) atoms. The number of nitrogens with zero attached hydrogens (tertiary/aromatic N) is 2. The SMILES string of the molecule is CC(=O)Nc1nc(-c2ccccc2)cc(C(F)(F)F)n1. The number of alkyl halides is 3. The Morgan fingerprint density at radius 1 is 1.15 bits per heavy atom. The summed E-state index contributed by atoms with van der Waals surface area (Å²) in [4.78, 5) is 18.2. The maximum absolute atomic E-state index is 12.8.